The van der Waals surface area contributed by atoms with Gasteiger partial charge in [-0.15, -0.1) is 0 Å². The van der Waals surface area contributed by atoms with E-state index in [9.17, 15) is 9.59 Å². The second-order valence-corrected chi connectivity index (χ2v) is 8.12. The summed E-state index contributed by atoms with van der Waals surface area (Å²) in [5.41, 5.74) is 2.33. The fourth-order valence-corrected chi connectivity index (χ4v) is 5.12. The Morgan fingerprint density at radius 1 is 0.909 bits per heavy atom. The fraction of sp³-hybridized carbons (Fsp3) is 0.417. The van der Waals surface area contributed by atoms with Gasteiger partial charge >= 0.3 is 11.9 Å². The molecule has 0 spiro atoms. The van der Waals surface area contributed by atoms with Crippen LogP contribution in [0.1, 0.15) is 35.6 Å². The number of hydrogen-bond donors (Lipinski definition) is 0. The molecule has 0 radical (unpaired) electrons. The number of fused-ring (bicyclic) bond motifs is 3. The molecule has 2 aromatic carbocycles. The molecule has 0 saturated carbocycles. The van der Waals surface area contributed by atoms with Gasteiger partial charge in [-0.2, -0.15) is 0 Å². The third kappa shape index (κ3) is 3.30. The van der Waals surface area contributed by atoms with E-state index in [0.29, 0.717) is 28.7 Å². The summed E-state index contributed by atoms with van der Waals surface area (Å²) in [5, 5.41) is 0. The molecular weight excluding hydrogens is 432 g/mol. The molecule has 0 bridgehead atoms. The Kier molecular flexibility index (Phi) is 5.19. The third-order valence-corrected chi connectivity index (χ3v) is 6.46. The lowest BCUT2D eigenvalue weighted by Crippen LogP contribution is -2.36. The minimum Gasteiger partial charge on any atom is -0.493 e. The summed E-state index contributed by atoms with van der Waals surface area (Å²) >= 11 is 0. The largest absolute Gasteiger partial charge is 0.493 e. The lowest BCUT2D eigenvalue weighted by Gasteiger charge is -2.38. The van der Waals surface area contributed by atoms with Crippen molar-refractivity contribution in [3.8, 4) is 28.7 Å². The highest BCUT2D eigenvalue weighted by molar-refractivity contribution is 5.79. The smallest absolute Gasteiger partial charge is 0.310 e. The van der Waals surface area contributed by atoms with Gasteiger partial charge in [0.25, 0.3) is 0 Å². The third-order valence-electron chi connectivity index (χ3n) is 6.46. The van der Waals surface area contributed by atoms with Crippen LogP contribution in [-0.2, 0) is 19.1 Å². The van der Waals surface area contributed by atoms with Crippen LogP contribution in [0.3, 0.4) is 0 Å². The van der Waals surface area contributed by atoms with E-state index in [1.807, 2.05) is 24.3 Å². The minimum atomic E-state index is -0.651. The Balaban J connectivity index is 1.75. The Morgan fingerprint density at radius 3 is 2.12 bits per heavy atom. The topological polar surface area (TPSA) is 98.8 Å². The first kappa shape index (κ1) is 21.2. The van der Waals surface area contributed by atoms with Crippen LogP contribution < -0.4 is 23.7 Å². The van der Waals surface area contributed by atoms with Crippen molar-refractivity contribution >= 4 is 11.9 Å². The van der Waals surface area contributed by atoms with Gasteiger partial charge in [0, 0.05) is 24.3 Å². The molecule has 9 nitrogen and oxygen atoms in total. The predicted octanol–water partition coefficient (Wildman–Crippen LogP) is 2.98. The highest BCUT2D eigenvalue weighted by Gasteiger charge is 2.54. The Labute approximate surface area is 190 Å². The van der Waals surface area contributed by atoms with Gasteiger partial charge in [0.2, 0.25) is 12.5 Å². The first-order valence-corrected chi connectivity index (χ1v) is 10.5. The average molecular weight is 456 g/mol. The molecule has 1 fully saturated rings. The number of methoxy groups -OCH3 is 3. The van der Waals surface area contributed by atoms with Crippen molar-refractivity contribution in [3.05, 3.63) is 41.0 Å². The summed E-state index contributed by atoms with van der Waals surface area (Å²) in [6.07, 6.45) is -0.651. The van der Waals surface area contributed by atoms with Gasteiger partial charge in [0.15, 0.2) is 23.0 Å². The van der Waals surface area contributed by atoms with Crippen LogP contribution in [0.4, 0.5) is 0 Å². The van der Waals surface area contributed by atoms with Crippen molar-refractivity contribution in [1.82, 2.24) is 0 Å². The van der Waals surface area contributed by atoms with Gasteiger partial charge < -0.3 is 33.2 Å². The van der Waals surface area contributed by atoms with Crippen molar-refractivity contribution in [3.63, 3.8) is 0 Å². The van der Waals surface area contributed by atoms with E-state index in [-0.39, 0.29) is 25.3 Å². The van der Waals surface area contributed by atoms with Crippen LogP contribution >= 0.6 is 0 Å². The summed E-state index contributed by atoms with van der Waals surface area (Å²) in [7, 11) is 4.61. The van der Waals surface area contributed by atoms with Crippen molar-refractivity contribution in [1.29, 1.82) is 0 Å². The molecule has 0 amide bonds. The maximum absolute atomic E-state index is 13.0. The molecule has 0 aromatic heterocycles. The van der Waals surface area contributed by atoms with Crippen LogP contribution in [0.5, 0.6) is 28.7 Å². The Bertz CT molecular complexity index is 1100. The molecule has 1 aliphatic carbocycles. The molecule has 2 heterocycles. The van der Waals surface area contributed by atoms with Gasteiger partial charge in [0.1, 0.15) is 6.10 Å². The highest BCUT2D eigenvalue weighted by atomic mass is 16.7. The van der Waals surface area contributed by atoms with Crippen molar-refractivity contribution in [2.75, 3.05) is 34.7 Å². The molecule has 4 atom stereocenters. The number of esters is 2. The zero-order valence-electron chi connectivity index (χ0n) is 18.7. The number of rotatable bonds is 5. The lowest BCUT2D eigenvalue weighted by atomic mass is 9.66. The second-order valence-electron chi connectivity index (χ2n) is 8.12. The van der Waals surface area contributed by atoms with Crippen LogP contribution in [0, 0.1) is 11.8 Å². The SMILES string of the molecule is COc1cc([C@@H]2c3cc4c(cc3[C@@H](OC(C)=O)[C@@H]3COC(=O)[C@H]23)OCO4)cc(OC)c1OC. The lowest BCUT2D eigenvalue weighted by molar-refractivity contribution is -0.152. The molecule has 2 aliphatic heterocycles. The molecule has 3 aliphatic rings. The highest BCUT2D eigenvalue weighted by Crippen LogP contribution is 2.56. The van der Waals surface area contributed by atoms with E-state index < -0.39 is 23.9 Å². The van der Waals surface area contributed by atoms with Crippen molar-refractivity contribution in [2.24, 2.45) is 11.8 Å². The standard InChI is InChI=1S/C24H24O9/c1-11(25)33-22-14-8-17-16(31-10-32-17)7-13(14)20(21-15(22)9-30-24(21)26)12-5-18(27-2)23(29-4)19(6-12)28-3/h5-8,15,20-22H,9-10H2,1-4H3/t15-,20-,21+,22-/m1/s1. The first-order chi connectivity index (χ1) is 16.0. The molecule has 5 rings (SSSR count). The van der Waals surface area contributed by atoms with Crippen molar-refractivity contribution in [2.45, 2.75) is 18.9 Å². The molecule has 0 unspecified atom stereocenters. The summed E-state index contributed by atoms with van der Waals surface area (Å²) in [5.74, 6) is 0.383. The zero-order valence-corrected chi connectivity index (χ0v) is 18.7. The zero-order chi connectivity index (χ0) is 23.3. The molecule has 0 N–H and O–H groups in total. The van der Waals surface area contributed by atoms with E-state index in [1.165, 1.54) is 28.3 Å². The van der Waals surface area contributed by atoms with E-state index in [1.54, 1.807) is 0 Å². The van der Waals surface area contributed by atoms with E-state index in [2.05, 4.69) is 0 Å². The quantitative estimate of drug-likeness (QED) is 0.629. The van der Waals surface area contributed by atoms with Crippen LogP contribution in [0.25, 0.3) is 0 Å². The van der Waals surface area contributed by atoms with Crippen LogP contribution in [-0.4, -0.2) is 46.7 Å². The van der Waals surface area contributed by atoms with E-state index >= 15 is 0 Å². The van der Waals surface area contributed by atoms with Gasteiger partial charge in [-0.3, -0.25) is 9.59 Å². The Morgan fingerprint density at radius 2 is 1.55 bits per heavy atom. The normalized spacial score (nSPS) is 24.4. The minimum absolute atomic E-state index is 0.0974. The predicted molar refractivity (Wildman–Crippen MR) is 113 cm³/mol. The maximum Gasteiger partial charge on any atom is 0.310 e. The number of carbonyl (C=O) groups is 2. The molecule has 174 valence electrons. The van der Waals surface area contributed by atoms with E-state index in [0.717, 1.165) is 16.7 Å². The maximum atomic E-state index is 13.0. The van der Waals surface area contributed by atoms with Gasteiger partial charge in [0.05, 0.1) is 33.9 Å². The van der Waals surface area contributed by atoms with Gasteiger partial charge in [-0.25, -0.2) is 0 Å². The summed E-state index contributed by atoms with van der Waals surface area (Å²) in [4.78, 5) is 25.0. The average Bonchev–Trinajstić information content (AvgIpc) is 3.43. The molecule has 1 saturated heterocycles. The number of carbonyl (C=O) groups excluding carboxylic acids is 2. The molecule has 9 heteroatoms. The number of cyclic esters (lactones) is 1. The van der Waals surface area contributed by atoms with Gasteiger partial charge in [-0.1, -0.05) is 0 Å². The van der Waals surface area contributed by atoms with Crippen molar-refractivity contribution < 1.29 is 42.7 Å². The molecule has 2 aromatic rings. The monoisotopic (exact) mass is 456 g/mol. The summed E-state index contributed by atoms with van der Waals surface area (Å²) in [6, 6.07) is 7.34. The summed E-state index contributed by atoms with van der Waals surface area (Å²) in [6.45, 7) is 1.60. The van der Waals surface area contributed by atoms with Gasteiger partial charge in [-0.05, 0) is 35.4 Å². The second kappa shape index (κ2) is 8.06. The number of hydrogen-bond acceptors (Lipinski definition) is 9. The van der Waals surface area contributed by atoms with Crippen LogP contribution in [0.15, 0.2) is 24.3 Å². The Hall–Kier alpha value is -3.62. The summed E-state index contributed by atoms with van der Waals surface area (Å²) < 4.78 is 38.9. The fourth-order valence-electron chi connectivity index (χ4n) is 5.12. The molecular formula is C24H24O9. The number of benzene rings is 2. The molecule has 33 heavy (non-hydrogen) atoms. The van der Waals surface area contributed by atoms with Crippen LogP contribution in [0.2, 0.25) is 0 Å². The van der Waals surface area contributed by atoms with E-state index in [4.69, 9.17) is 33.2 Å². The first-order valence-electron chi connectivity index (χ1n) is 10.5. The number of ether oxygens (including phenoxy) is 7.